The molecule has 0 fully saturated rings. The summed E-state index contributed by atoms with van der Waals surface area (Å²) in [5, 5.41) is 10.7. The van der Waals surface area contributed by atoms with Crippen LogP contribution < -0.4 is 10.2 Å². The second-order valence-corrected chi connectivity index (χ2v) is 4.95. The standard InChI is InChI=1S/C14H13F6N3O/c1-8(22-7-13(15,16)17)12(24)23(2)10-4-3-9(6-21)11(5-10)14(18,19)20/h3-5,8,22H,7H2,1-2H3/t8-/m0/s1. The van der Waals surface area contributed by atoms with E-state index in [0.717, 1.165) is 24.1 Å². The summed E-state index contributed by atoms with van der Waals surface area (Å²) in [6, 6.07) is 2.75. The molecular weight excluding hydrogens is 340 g/mol. The molecule has 0 saturated carbocycles. The fourth-order valence-electron chi connectivity index (χ4n) is 1.85. The predicted octanol–water partition coefficient (Wildman–Crippen LogP) is 3.08. The molecule has 0 spiro atoms. The maximum absolute atomic E-state index is 12.9. The van der Waals surface area contributed by atoms with E-state index in [4.69, 9.17) is 5.26 Å². The largest absolute Gasteiger partial charge is 0.417 e. The molecule has 0 heterocycles. The second kappa shape index (κ2) is 7.09. The average Bonchev–Trinajstić information content (AvgIpc) is 2.48. The van der Waals surface area contributed by atoms with Crippen molar-refractivity contribution in [3.8, 4) is 6.07 Å². The number of nitrogens with zero attached hydrogens (tertiary/aromatic N) is 2. The van der Waals surface area contributed by atoms with Gasteiger partial charge in [-0.25, -0.2) is 0 Å². The lowest BCUT2D eigenvalue weighted by molar-refractivity contribution is -0.138. The number of carbonyl (C=O) groups is 1. The highest BCUT2D eigenvalue weighted by molar-refractivity contribution is 5.96. The molecule has 4 nitrogen and oxygen atoms in total. The number of anilines is 1. The molecule has 0 radical (unpaired) electrons. The first-order valence-corrected chi connectivity index (χ1v) is 6.56. The molecule has 0 aliphatic heterocycles. The fraction of sp³-hybridized carbons (Fsp3) is 0.429. The number of likely N-dealkylation sites (N-methyl/N-ethyl adjacent to an activating group) is 1. The molecule has 0 unspecified atom stereocenters. The predicted molar refractivity (Wildman–Crippen MR) is 73.1 cm³/mol. The summed E-state index contributed by atoms with van der Waals surface area (Å²) in [4.78, 5) is 12.8. The highest BCUT2D eigenvalue weighted by atomic mass is 19.4. The molecule has 0 saturated heterocycles. The molecule has 24 heavy (non-hydrogen) atoms. The molecule has 1 N–H and O–H groups in total. The van der Waals surface area contributed by atoms with E-state index in [9.17, 15) is 31.1 Å². The maximum Gasteiger partial charge on any atom is 0.417 e. The van der Waals surface area contributed by atoms with Gasteiger partial charge in [-0.2, -0.15) is 31.6 Å². The summed E-state index contributed by atoms with van der Waals surface area (Å²) in [5.41, 5.74) is -2.03. The van der Waals surface area contributed by atoms with Crippen molar-refractivity contribution in [3.05, 3.63) is 29.3 Å². The molecule has 10 heteroatoms. The molecule has 0 aliphatic rings. The molecule has 1 rings (SSSR count). The van der Waals surface area contributed by atoms with Gasteiger partial charge in [0.15, 0.2) is 0 Å². The smallest absolute Gasteiger partial charge is 0.314 e. The van der Waals surface area contributed by atoms with Crippen LogP contribution in [0, 0.1) is 11.3 Å². The Morgan fingerprint density at radius 2 is 1.88 bits per heavy atom. The van der Waals surface area contributed by atoms with Gasteiger partial charge >= 0.3 is 12.4 Å². The lowest BCUT2D eigenvalue weighted by atomic mass is 10.1. The van der Waals surface area contributed by atoms with Crippen molar-refractivity contribution in [2.75, 3.05) is 18.5 Å². The Labute approximate surface area is 133 Å². The SMILES string of the molecule is C[C@H](NCC(F)(F)F)C(=O)N(C)c1ccc(C#N)c(C(F)(F)F)c1. The number of halogens is 6. The van der Waals surface area contributed by atoms with Crippen molar-refractivity contribution in [2.45, 2.75) is 25.3 Å². The number of amides is 1. The molecule has 0 aromatic heterocycles. The Morgan fingerprint density at radius 1 is 1.29 bits per heavy atom. The highest BCUT2D eigenvalue weighted by Gasteiger charge is 2.35. The number of hydrogen-bond donors (Lipinski definition) is 1. The van der Waals surface area contributed by atoms with E-state index in [1.807, 2.05) is 5.32 Å². The lowest BCUT2D eigenvalue weighted by Gasteiger charge is -2.23. The normalized spacial score (nSPS) is 13.3. The summed E-state index contributed by atoms with van der Waals surface area (Å²) in [6.07, 6.45) is -9.32. The number of alkyl halides is 6. The zero-order valence-electron chi connectivity index (χ0n) is 12.6. The minimum absolute atomic E-state index is 0.188. The molecular formula is C14H13F6N3O. The summed E-state index contributed by atoms with van der Waals surface area (Å²) in [5.74, 6) is -0.850. The van der Waals surface area contributed by atoms with Gasteiger partial charge in [0.25, 0.3) is 0 Å². The van der Waals surface area contributed by atoms with Gasteiger partial charge in [0.05, 0.1) is 29.8 Å². The first-order valence-electron chi connectivity index (χ1n) is 6.56. The van der Waals surface area contributed by atoms with Gasteiger partial charge in [0, 0.05) is 12.7 Å². The maximum atomic E-state index is 12.9. The minimum Gasteiger partial charge on any atom is -0.314 e. The van der Waals surface area contributed by atoms with Gasteiger partial charge in [-0.3, -0.25) is 10.1 Å². The van der Waals surface area contributed by atoms with E-state index in [0.29, 0.717) is 6.07 Å². The molecule has 1 atom stereocenters. The fourth-order valence-corrected chi connectivity index (χ4v) is 1.85. The van der Waals surface area contributed by atoms with Crippen molar-refractivity contribution < 1.29 is 31.1 Å². The summed E-state index contributed by atoms with van der Waals surface area (Å²) < 4.78 is 75.1. The van der Waals surface area contributed by atoms with Crippen LogP contribution in [0.25, 0.3) is 0 Å². The topological polar surface area (TPSA) is 56.1 Å². The van der Waals surface area contributed by atoms with Crippen LogP contribution >= 0.6 is 0 Å². The van der Waals surface area contributed by atoms with E-state index in [-0.39, 0.29) is 5.69 Å². The van der Waals surface area contributed by atoms with Crippen molar-refractivity contribution in [3.63, 3.8) is 0 Å². The van der Waals surface area contributed by atoms with Gasteiger partial charge in [-0.1, -0.05) is 0 Å². The number of carbonyl (C=O) groups excluding carboxylic acids is 1. The molecule has 1 aromatic rings. The lowest BCUT2D eigenvalue weighted by Crippen LogP contribution is -2.46. The third-order valence-corrected chi connectivity index (χ3v) is 3.13. The molecule has 0 bridgehead atoms. The van der Waals surface area contributed by atoms with E-state index < -0.39 is 42.0 Å². The van der Waals surface area contributed by atoms with Crippen molar-refractivity contribution >= 4 is 11.6 Å². The number of nitrogens with one attached hydrogen (secondary N) is 1. The Balaban J connectivity index is 3.01. The van der Waals surface area contributed by atoms with E-state index in [1.54, 1.807) is 0 Å². The first kappa shape index (κ1) is 19.8. The number of rotatable bonds is 4. The van der Waals surface area contributed by atoms with Crippen molar-refractivity contribution in [1.82, 2.24) is 5.32 Å². The Morgan fingerprint density at radius 3 is 2.33 bits per heavy atom. The first-order chi connectivity index (χ1) is 10.9. The molecule has 0 aliphatic carbocycles. The molecule has 1 aromatic carbocycles. The van der Waals surface area contributed by atoms with Crippen LogP contribution in [0.3, 0.4) is 0 Å². The van der Waals surface area contributed by atoms with Crippen LogP contribution in [0.15, 0.2) is 18.2 Å². The van der Waals surface area contributed by atoms with E-state index >= 15 is 0 Å². The monoisotopic (exact) mass is 353 g/mol. The van der Waals surface area contributed by atoms with Crippen molar-refractivity contribution in [2.24, 2.45) is 0 Å². The van der Waals surface area contributed by atoms with Gasteiger partial charge in [-0.05, 0) is 25.1 Å². The zero-order chi connectivity index (χ0) is 18.7. The Hall–Kier alpha value is -2.28. The molecule has 132 valence electrons. The van der Waals surface area contributed by atoms with Gasteiger partial charge in [-0.15, -0.1) is 0 Å². The summed E-state index contributed by atoms with van der Waals surface area (Å²) >= 11 is 0. The zero-order valence-corrected chi connectivity index (χ0v) is 12.6. The third-order valence-electron chi connectivity index (χ3n) is 3.13. The van der Waals surface area contributed by atoms with Gasteiger partial charge < -0.3 is 4.90 Å². The van der Waals surface area contributed by atoms with Crippen LogP contribution in [0.5, 0.6) is 0 Å². The van der Waals surface area contributed by atoms with Crippen LogP contribution in [0.1, 0.15) is 18.1 Å². The number of benzene rings is 1. The van der Waals surface area contributed by atoms with E-state index in [2.05, 4.69) is 0 Å². The minimum atomic E-state index is -4.80. The van der Waals surface area contributed by atoms with Crippen LogP contribution in [-0.4, -0.2) is 31.7 Å². The summed E-state index contributed by atoms with van der Waals surface area (Å²) in [7, 11) is 1.13. The van der Waals surface area contributed by atoms with Crippen molar-refractivity contribution in [1.29, 1.82) is 5.26 Å². The van der Waals surface area contributed by atoms with Gasteiger partial charge in [0.2, 0.25) is 5.91 Å². The Bertz CT molecular complexity index is 647. The highest BCUT2D eigenvalue weighted by Crippen LogP contribution is 2.34. The number of nitriles is 1. The van der Waals surface area contributed by atoms with Crippen LogP contribution in [0.2, 0.25) is 0 Å². The quantitative estimate of drug-likeness (QED) is 0.847. The van der Waals surface area contributed by atoms with Crippen LogP contribution in [-0.2, 0) is 11.0 Å². The molecule has 1 amide bonds. The van der Waals surface area contributed by atoms with Crippen LogP contribution in [0.4, 0.5) is 32.0 Å². The summed E-state index contributed by atoms with van der Waals surface area (Å²) in [6.45, 7) is -0.242. The average molecular weight is 353 g/mol. The van der Waals surface area contributed by atoms with E-state index in [1.165, 1.54) is 13.0 Å². The van der Waals surface area contributed by atoms with Gasteiger partial charge in [0.1, 0.15) is 0 Å². The number of hydrogen-bond acceptors (Lipinski definition) is 3. The Kier molecular flexibility index (Phi) is 5.84. The second-order valence-electron chi connectivity index (χ2n) is 4.95. The third kappa shape index (κ3) is 5.13.